The van der Waals surface area contributed by atoms with E-state index in [1.807, 2.05) is 4.90 Å². The van der Waals surface area contributed by atoms with Crippen LogP contribution in [0.1, 0.15) is 42.5 Å². The van der Waals surface area contributed by atoms with Gasteiger partial charge in [0.15, 0.2) is 0 Å². The zero-order chi connectivity index (χ0) is 17.4. The molecule has 0 spiro atoms. The third-order valence-corrected chi connectivity index (χ3v) is 5.87. The molecule has 3 aliphatic rings. The molecule has 2 heterocycles. The summed E-state index contributed by atoms with van der Waals surface area (Å²) in [7, 11) is 0. The minimum absolute atomic E-state index is 0.143. The van der Waals surface area contributed by atoms with Gasteiger partial charge in [-0.3, -0.25) is 14.5 Å². The maximum Gasteiger partial charge on any atom is 0.251 e. The third-order valence-electron chi connectivity index (χ3n) is 5.87. The molecule has 1 aromatic carbocycles. The highest BCUT2D eigenvalue weighted by Gasteiger charge is 2.39. The van der Waals surface area contributed by atoms with E-state index in [2.05, 4.69) is 10.2 Å². The van der Waals surface area contributed by atoms with Gasteiger partial charge in [0.2, 0.25) is 5.91 Å². The molecule has 25 heavy (non-hydrogen) atoms. The van der Waals surface area contributed by atoms with Crippen molar-refractivity contribution in [3.63, 3.8) is 0 Å². The average molecular weight is 345 g/mol. The molecule has 3 unspecified atom stereocenters. The maximum atomic E-state index is 13.3. The van der Waals surface area contributed by atoms with Gasteiger partial charge in [-0.25, -0.2) is 4.39 Å². The van der Waals surface area contributed by atoms with E-state index < -0.39 is 0 Å². The Labute approximate surface area is 147 Å². The normalized spacial score (nSPS) is 29.7. The molecule has 134 valence electrons. The molecule has 1 aromatic rings. The fraction of sp³-hybridized carbons (Fsp3) is 0.579. The molecular weight excluding hydrogens is 321 g/mol. The molecule has 1 aliphatic carbocycles. The third kappa shape index (κ3) is 3.40. The zero-order valence-corrected chi connectivity index (χ0v) is 14.3. The Kier molecular flexibility index (Phi) is 4.46. The lowest BCUT2D eigenvalue weighted by molar-refractivity contribution is -0.131. The lowest BCUT2D eigenvalue weighted by Crippen LogP contribution is -2.54. The molecule has 3 fully saturated rings. The smallest absolute Gasteiger partial charge is 0.251 e. The minimum Gasteiger partial charge on any atom is -0.349 e. The van der Waals surface area contributed by atoms with E-state index in [1.165, 1.54) is 12.1 Å². The molecule has 0 bridgehead atoms. The van der Waals surface area contributed by atoms with Crippen LogP contribution in [0, 0.1) is 5.82 Å². The molecule has 0 radical (unpaired) electrons. The van der Waals surface area contributed by atoms with E-state index in [4.69, 9.17) is 0 Å². The molecule has 2 amide bonds. The van der Waals surface area contributed by atoms with Gasteiger partial charge in [-0.2, -0.15) is 0 Å². The Hall–Kier alpha value is -1.95. The van der Waals surface area contributed by atoms with Crippen molar-refractivity contribution >= 4 is 11.8 Å². The molecule has 3 atom stereocenters. The van der Waals surface area contributed by atoms with Crippen LogP contribution in [-0.2, 0) is 4.79 Å². The van der Waals surface area contributed by atoms with Crippen LogP contribution < -0.4 is 5.32 Å². The molecule has 5 nitrogen and oxygen atoms in total. The molecule has 4 rings (SSSR count). The largest absolute Gasteiger partial charge is 0.349 e. The van der Waals surface area contributed by atoms with Gasteiger partial charge >= 0.3 is 0 Å². The summed E-state index contributed by atoms with van der Waals surface area (Å²) in [6, 6.07) is 6.81. The van der Waals surface area contributed by atoms with Gasteiger partial charge in [0.25, 0.3) is 5.91 Å². The summed E-state index contributed by atoms with van der Waals surface area (Å²) < 4.78 is 13.3. The highest BCUT2D eigenvalue weighted by Crippen LogP contribution is 2.29. The summed E-state index contributed by atoms with van der Waals surface area (Å²) in [5.74, 6) is -0.284. The topological polar surface area (TPSA) is 52.7 Å². The Bertz CT molecular complexity index is 680. The van der Waals surface area contributed by atoms with Crippen molar-refractivity contribution in [3.8, 4) is 0 Å². The van der Waals surface area contributed by atoms with E-state index in [9.17, 15) is 14.0 Å². The van der Waals surface area contributed by atoms with Crippen LogP contribution in [0.15, 0.2) is 24.3 Å². The van der Waals surface area contributed by atoms with Crippen molar-refractivity contribution in [2.24, 2.45) is 0 Å². The number of halogens is 1. The van der Waals surface area contributed by atoms with Crippen LogP contribution in [0.4, 0.5) is 4.39 Å². The lowest BCUT2D eigenvalue weighted by Gasteiger charge is -2.40. The molecule has 1 saturated carbocycles. The second-order valence-corrected chi connectivity index (χ2v) is 7.42. The van der Waals surface area contributed by atoms with E-state index in [0.29, 0.717) is 30.0 Å². The molecule has 2 saturated heterocycles. The highest BCUT2D eigenvalue weighted by atomic mass is 19.1. The fourth-order valence-electron chi connectivity index (χ4n) is 4.54. The fourth-order valence-corrected chi connectivity index (χ4v) is 4.54. The van der Waals surface area contributed by atoms with Crippen molar-refractivity contribution in [1.29, 1.82) is 0 Å². The monoisotopic (exact) mass is 345 g/mol. The summed E-state index contributed by atoms with van der Waals surface area (Å²) in [4.78, 5) is 28.6. The van der Waals surface area contributed by atoms with Gasteiger partial charge in [-0.05, 0) is 43.9 Å². The first-order valence-corrected chi connectivity index (χ1v) is 9.20. The van der Waals surface area contributed by atoms with Crippen molar-refractivity contribution in [3.05, 3.63) is 35.6 Å². The van der Waals surface area contributed by atoms with Crippen LogP contribution in [0.3, 0.4) is 0 Å². The van der Waals surface area contributed by atoms with Gasteiger partial charge in [0, 0.05) is 49.7 Å². The number of carbonyl (C=O) groups excluding carboxylic acids is 2. The first-order valence-electron chi connectivity index (χ1n) is 9.20. The quantitative estimate of drug-likeness (QED) is 0.909. The summed E-state index contributed by atoms with van der Waals surface area (Å²) in [6.07, 6.45) is 4.61. The number of fused-ring (bicyclic) bond motifs is 1. The number of rotatable bonds is 3. The predicted octanol–water partition coefficient (Wildman–Crippen LogP) is 1.78. The number of nitrogens with one attached hydrogen (secondary N) is 1. The zero-order valence-electron chi connectivity index (χ0n) is 14.3. The van der Waals surface area contributed by atoms with E-state index in [0.717, 1.165) is 45.3 Å². The van der Waals surface area contributed by atoms with E-state index in [1.54, 1.807) is 12.1 Å². The van der Waals surface area contributed by atoms with Crippen molar-refractivity contribution in [2.45, 2.75) is 50.2 Å². The van der Waals surface area contributed by atoms with Crippen LogP contribution in [0.5, 0.6) is 0 Å². The number of hydrogen-bond donors (Lipinski definition) is 1. The molecule has 1 N–H and O–H groups in total. The Morgan fingerprint density at radius 2 is 2.04 bits per heavy atom. The van der Waals surface area contributed by atoms with Crippen LogP contribution >= 0.6 is 0 Å². The van der Waals surface area contributed by atoms with E-state index in [-0.39, 0.29) is 17.8 Å². The Balaban J connectivity index is 1.31. The first kappa shape index (κ1) is 16.5. The number of hydrogen-bond acceptors (Lipinski definition) is 3. The second-order valence-electron chi connectivity index (χ2n) is 7.42. The standard InChI is InChI=1S/C19H24FN3O2/c20-14-3-1-2-13(10-14)19(25)21-15-4-5-16(11-15)22-8-9-23-17(12-22)6-7-18(23)24/h1-3,10,15-17H,4-9,11-12H2,(H,21,25). The number of amides is 2. The second kappa shape index (κ2) is 6.75. The first-order chi connectivity index (χ1) is 12.1. The average Bonchev–Trinajstić information content (AvgIpc) is 3.22. The van der Waals surface area contributed by atoms with Crippen molar-refractivity contribution in [1.82, 2.24) is 15.1 Å². The maximum absolute atomic E-state index is 13.3. The molecular formula is C19H24FN3O2. The lowest BCUT2D eigenvalue weighted by atomic mass is 10.1. The number of piperazine rings is 1. The summed E-state index contributed by atoms with van der Waals surface area (Å²) >= 11 is 0. The van der Waals surface area contributed by atoms with Gasteiger partial charge in [0.1, 0.15) is 5.82 Å². The summed E-state index contributed by atoms with van der Waals surface area (Å²) in [6.45, 7) is 2.72. The van der Waals surface area contributed by atoms with Gasteiger partial charge in [-0.15, -0.1) is 0 Å². The number of benzene rings is 1. The predicted molar refractivity (Wildman–Crippen MR) is 91.6 cm³/mol. The highest BCUT2D eigenvalue weighted by molar-refractivity contribution is 5.94. The Morgan fingerprint density at radius 3 is 2.88 bits per heavy atom. The van der Waals surface area contributed by atoms with Gasteiger partial charge in [-0.1, -0.05) is 6.07 Å². The van der Waals surface area contributed by atoms with Crippen LogP contribution in [0.25, 0.3) is 0 Å². The van der Waals surface area contributed by atoms with Gasteiger partial charge < -0.3 is 10.2 Å². The van der Waals surface area contributed by atoms with Crippen LogP contribution in [0.2, 0.25) is 0 Å². The van der Waals surface area contributed by atoms with Crippen molar-refractivity contribution in [2.75, 3.05) is 19.6 Å². The summed E-state index contributed by atoms with van der Waals surface area (Å²) in [5, 5.41) is 3.05. The summed E-state index contributed by atoms with van der Waals surface area (Å²) in [5.41, 5.74) is 0.376. The molecule has 6 heteroatoms. The van der Waals surface area contributed by atoms with Crippen molar-refractivity contribution < 1.29 is 14.0 Å². The Morgan fingerprint density at radius 1 is 1.16 bits per heavy atom. The van der Waals surface area contributed by atoms with E-state index >= 15 is 0 Å². The SMILES string of the molecule is O=C(NC1CCC(N2CCN3C(=O)CCC3C2)C1)c1cccc(F)c1. The van der Waals surface area contributed by atoms with Crippen LogP contribution in [-0.4, -0.2) is 59.4 Å². The number of carbonyl (C=O) groups is 2. The molecule has 2 aliphatic heterocycles. The molecule has 0 aromatic heterocycles. The minimum atomic E-state index is -0.388. The van der Waals surface area contributed by atoms with Gasteiger partial charge in [0.05, 0.1) is 0 Å². The number of nitrogens with zero attached hydrogens (tertiary/aromatic N) is 2.